The summed E-state index contributed by atoms with van der Waals surface area (Å²) in [5.41, 5.74) is 3.68. The zero-order valence-corrected chi connectivity index (χ0v) is 24.1. The molecule has 0 heterocycles. The van der Waals surface area contributed by atoms with Gasteiger partial charge < -0.3 is 30.0 Å². The predicted molar refractivity (Wildman–Crippen MR) is 153 cm³/mol. The van der Waals surface area contributed by atoms with Gasteiger partial charge in [0.05, 0.1) is 7.11 Å². The van der Waals surface area contributed by atoms with Crippen molar-refractivity contribution >= 4 is 24.1 Å². The molecule has 0 unspecified atom stereocenters. The molecule has 10 heteroatoms. The molecule has 3 N–H and O–H groups in total. The van der Waals surface area contributed by atoms with Crippen molar-refractivity contribution in [2.75, 3.05) is 13.7 Å². The average Bonchev–Trinajstić information content (AvgIpc) is 3.24. The highest BCUT2D eigenvalue weighted by Gasteiger charge is 2.30. The van der Waals surface area contributed by atoms with Crippen LogP contribution in [0.5, 0.6) is 0 Å². The molecular formula is C31H40N2O8. The largest absolute Gasteiger partial charge is 0.480 e. The first-order valence-corrected chi connectivity index (χ1v) is 13.9. The zero-order chi connectivity index (χ0) is 30.0. The first-order chi connectivity index (χ1) is 19.5. The van der Waals surface area contributed by atoms with Gasteiger partial charge >= 0.3 is 24.1 Å². The van der Waals surface area contributed by atoms with E-state index in [2.05, 4.69) is 10.6 Å². The van der Waals surface area contributed by atoms with Crippen LogP contribution in [0, 0.1) is 0 Å². The number of carbonyl (C=O) groups excluding carboxylic acids is 3. The summed E-state index contributed by atoms with van der Waals surface area (Å²) in [5.74, 6) is -1.81. The maximum Gasteiger partial charge on any atom is 0.408 e. The standard InChI is InChI=1S/C31H40N2O8/c1-31(2,3)41-30(38)33-26(28(36)39-4)18-8-6-5-7-17-25(27(34)35)32-29(37)40-19-24-22-15-11-9-13-20(22)21-14-10-12-16-23(21)24/h9-16,24-26H,5-8,17-19H2,1-4H3,(H,32,37)(H,33,38)(H,34,35)/t25-,26-/m0/s1. The van der Waals surface area contributed by atoms with Gasteiger partial charge in [-0.2, -0.15) is 0 Å². The summed E-state index contributed by atoms with van der Waals surface area (Å²) in [5, 5.41) is 14.6. The van der Waals surface area contributed by atoms with Crippen molar-refractivity contribution in [2.24, 2.45) is 0 Å². The average molecular weight is 569 g/mol. The number of hydrogen-bond donors (Lipinski definition) is 3. The Balaban J connectivity index is 1.41. The smallest absolute Gasteiger partial charge is 0.408 e. The van der Waals surface area contributed by atoms with E-state index in [4.69, 9.17) is 14.2 Å². The van der Waals surface area contributed by atoms with E-state index >= 15 is 0 Å². The van der Waals surface area contributed by atoms with Crippen LogP contribution in [0.15, 0.2) is 48.5 Å². The quantitative estimate of drug-likeness (QED) is 0.166. The zero-order valence-electron chi connectivity index (χ0n) is 24.1. The lowest BCUT2D eigenvalue weighted by Gasteiger charge is -2.22. The van der Waals surface area contributed by atoms with Gasteiger partial charge in [-0.1, -0.05) is 74.2 Å². The van der Waals surface area contributed by atoms with E-state index in [1.165, 1.54) is 7.11 Å². The van der Waals surface area contributed by atoms with Gasteiger partial charge in [-0.05, 0) is 55.9 Å². The third-order valence-corrected chi connectivity index (χ3v) is 6.85. The summed E-state index contributed by atoms with van der Waals surface area (Å²) < 4.78 is 15.5. The van der Waals surface area contributed by atoms with Crippen LogP contribution in [0.25, 0.3) is 11.1 Å². The monoisotopic (exact) mass is 568 g/mol. The number of carboxylic acid groups (broad SMARTS) is 1. The number of fused-ring (bicyclic) bond motifs is 3. The van der Waals surface area contributed by atoms with E-state index in [0.717, 1.165) is 22.3 Å². The molecule has 0 aliphatic heterocycles. The molecule has 0 bridgehead atoms. The molecule has 1 aliphatic carbocycles. The fraction of sp³-hybridized carbons (Fsp3) is 0.484. The minimum absolute atomic E-state index is 0.102. The van der Waals surface area contributed by atoms with Gasteiger partial charge in [0.15, 0.2) is 0 Å². The number of carbonyl (C=O) groups is 4. The maximum absolute atomic E-state index is 12.5. The van der Waals surface area contributed by atoms with E-state index < -0.39 is 41.8 Å². The molecule has 1 aliphatic rings. The van der Waals surface area contributed by atoms with Gasteiger partial charge in [-0.15, -0.1) is 0 Å². The Labute approximate surface area is 240 Å². The van der Waals surface area contributed by atoms with Crippen molar-refractivity contribution in [3.05, 3.63) is 59.7 Å². The maximum atomic E-state index is 12.5. The van der Waals surface area contributed by atoms with Gasteiger partial charge in [-0.3, -0.25) is 0 Å². The van der Waals surface area contributed by atoms with Gasteiger partial charge in [0.2, 0.25) is 0 Å². The molecule has 0 aromatic heterocycles. The number of ether oxygens (including phenoxy) is 3. The lowest BCUT2D eigenvalue weighted by molar-refractivity contribution is -0.143. The fourth-order valence-corrected chi connectivity index (χ4v) is 4.93. The number of benzene rings is 2. The van der Waals surface area contributed by atoms with Crippen LogP contribution in [-0.4, -0.2) is 60.6 Å². The molecule has 0 spiro atoms. The number of hydrogen-bond acceptors (Lipinski definition) is 7. The third-order valence-electron chi connectivity index (χ3n) is 6.85. The Morgan fingerprint density at radius 1 is 0.805 bits per heavy atom. The molecule has 2 amide bonds. The number of rotatable bonds is 13. The molecule has 2 aromatic rings. The SMILES string of the molecule is COC(=O)[C@H](CCCCCC[C@H](NC(=O)OCC1c2ccccc2-c2ccccc21)C(=O)O)NC(=O)OC(C)(C)C. The van der Waals surface area contributed by atoms with E-state index in [0.29, 0.717) is 32.1 Å². The minimum Gasteiger partial charge on any atom is -0.480 e. The Hall–Kier alpha value is -4.08. The number of unbranched alkanes of at least 4 members (excludes halogenated alkanes) is 3. The van der Waals surface area contributed by atoms with Crippen molar-refractivity contribution in [1.29, 1.82) is 0 Å². The Morgan fingerprint density at radius 3 is 1.83 bits per heavy atom. The summed E-state index contributed by atoms with van der Waals surface area (Å²) in [6, 6.07) is 14.0. The van der Waals surface area contributed by atoms with Crippen molar-refractivity contribution < 1.29 is 38.5 Å². The topological polar surface area (TPSA) is 140 Å². The highest BCUT2D eigenvalue weighted by atomic mass is 16.6. The van der Waals surface area contributed by atoms with Crippen LogP contribution in [0.4, 0.5) is 9.59 Å². The lowest BCUT2D eigenvalue weighted by Crippen LogP contribution is -2.44. The molecule has 0 radical (unpaired) electrons. The number of methoxy groups -OCH3 is 1. The number of aliphatic carboxylic acids is 1. The second-order valence-electron chi connectivity index (χ2n) is 11.1. The molecule has 0 saturated carbocycles. The summed E-state index contributed by atoms with van der Waals surface area (Å²) in [6.45, 7) is 5.29. The van der Waals surface area contributed by atoms with Crippen molar-refractivity contribution in [3.63, 3.8) is 0 Å². The van der Waals surface area contributed by atoms with Gasteiger partial charge in [0.25, 0.3) is 0 Å². The normalized spacial score (nSPS) is 13.8. The molecule has 2 aromatic carbocycles. The molecule has 222 valence electrons. The summed E-state index contributed by atoms with van der Waals surface area (Å²) >= 11 is 0. The highest BCUT2D eigenvalue weighted by molar-refractivity contribution is 5.82. The summed E-state index contributed by atoms with van der Waals surface area (Å²) in [4.78, 5) is 48.4. The van der Waals surface area contributed by atoms with Gasteiger partial charge in [-0.25, -0.2) is 19.2 Å². The summed E-state index contributed by atoms with van der Waals surface area (Å²) in [6.07, 6.45) is 1.64. The van der Waals surface area contributed by atoms with E-state index in [9.17, 15) is 24.3 Å². The van der Waals surface area contributed by atoms with Crippen molar-refractivity contribution in [3.8, 4) is 11.1 Å². The fourth-order valence-electron chi connectivity index (χ4n) is 4.93. The van der Waals surface area contributed by atoms with Crippen molar-refractivity contribution in [2.45, 2.75) is 82.9 Å². The minimum atomic E-state index is -1.13. The van der Waals surface area contributed by atoms with Gasteiger partial charge in [0, 0.05) is 5.92 Å². The number of amides is 2. The highest BCUT2D eigenvalue weighted by Crippen LogP contribution is 2.44. The second kappa shape index (κ2) is 14.5. The molecule has 41 heavy (non-hydrogen) atoms. The Kier molecular flexibility index (Phi) is 11.1. The van der Waals surface area contributed by atoms with Crippen LogP contribution in [0.3, 0.4) is 0 Å². The number of esters is 1. The van der Waals surface area contributed by atoms with Crippen LogP contribution in [0.2, 0.25) is 0 Å². The van der Waals surface area contributed by atoms with Crippen LogP contribution >= 0.6 is 0 Å². The molecular weight excluding hydrogens is 528 g/mol. The molecule has 0 saturated heterocycles. The van der Waals surface area contributed by atoms with Crippen molar-refractivity contribution in [1.82, 2.24) is 10.6 Å². The second-order valence-corrected chi connectivity index (χ2v) is 11.1. The first kappa shape index (κ1) is 31.4. The van der Waals surface area contributed by atoms with Gasteiger partial charge in [0.1, 0.15) is 24.3 Å². The Morgan fingerprint density at radius 2 is 1.32 bits per heavy atom. The van der Waals surface area contributed by atoms with Crippen LogP contribution in [-0.2, 0) is 23.8 Å². The van der Waals surface area contributed by atoms with E-state index in [1.54, 1.807) is 20.8 Å². The molecule has 0 fully saturated rings. The van der Waals surface area contributed by atoms with Crippen LogP contribution < -0.4 is 10.6 Å². The Bertz CT molecular complexity index is 1180. The van der Waals surface area contributed by atoms with Crippen LogP contribution in [0.1, 0.15) is 76.3 Å². The molecule has 2 atom stereocenters. The number of alkyl carbamates (subject to hydrolysis) is 2. The summed E-state index contributed by atoms with van der Waals surface area (Å²) in [7, 11) is 1.25. The number of nitrogens with one attached hydrogen (secondary N) is 2. The molecule has 3 rings (SSSR count). The lowest BCUT2D eigenvalue weighted by atomic mass is 9.98. The van der Waals surface area contributed by atoms with E-state index in [-0.39, 0.29) is 18.9 Å². The predicted octanol–water partition coefficient (Wildman–Crippen LogP) is 5.39. The van der Waals surface area contributed by atoms with E-state index in [1.807, 2.05) is 48.5 Å². The number of carboxylic acids is 1. The first-order valence-electron chi connectivity index (χ1n) is 13.9. The third kappa shape index (κ3) is 9.23. The molecule has 10 nitrogen and oxygen atoms in total.